The lowest BCUT2D eigenvalue weighted by Crippen LogP contribution is -2.59. The first-order valence-electron chi connectivity index (χ1n) is 9.36. The van der Waals surface area contributed by atoms with Gasteiger partial charge in [-0.25, -0.2) is 4.79 Å². The number of aliphatic carboxylic acids is 1. The highest BCUT2D eigenvalue weighted by Gasteiger charge is 2.38. The second kappa shape index (κ2) is 10.2. The van der Waals surface area contributed by atoms with Crippen LogP contribution in [0.2, 0.25) is 0 Å². The van der Waals surface area contributed by atoms with Crippen LogP contribution in [0.5, 0.6) is 0 Å². The highest BCUT2D eigenvalue weighted by atomic mass is 16.5. The number of carbonyl (C=O) groups is 3. The molecule has 0 saturated carbocycles. The maximum atomic E-state index is 12.8. The van der Waals surface area contributed by atoms with Gasteiger partial charge in [0.05, 0.1) is 19.6 Å². The van der Waals surface area contributed by atoms with Crippen LogP contribution in [0, 0.1) is 5.41 Å². The Balaban J connectivity index is 2.94. The fourth-order valence-corrected chi connectivity index (χ4v) is 2.81. The molecule has 1 amide bonds. The van der Waals surface area contributed by atoms with Gasteiger partial charge in [-0.05, 0) is 30.9 Å². The SMILES string of the molecule is COC(=O)[C@](C)(Cc1ccccc1)NC(=O)[C@H](CC(=O)O)NCCC(C)(C)C. The molecule has 0 bridgehead atoms. The van der Waals surface area contributed by atoms with E-state index in [1.807, 2.05) is 30.3 Å². The van der Waals surface area contributed by atoms with Gasteiger partial charge >= 0.3 is 11.9 Å². The number of hydrogen-bond donors (Lipinski definition) is 3. The number of ether oxygens (including phenoxy) is 1. The maximum absolute atomic E-state index is 12.8. The zero-order valence-electron chi connectivity index (χ0n) is 17.4. The zero-order valence-corrected chi connectivity index (χ0v) is 17.4. The summed E-state index contributed by atoms with van der Waals surface area (Å²) in [5, 5.41) is 14.9. The van der Waals surface area contributed by atoms with Crippen molar-refractivity contribution in [2.24, 2.45) is 5.41 Å². The number of carboxylic acid groups (broad SMARTS) is 1. The Morgan fingerprint density at radius 3 is 2.21 bits per heavy atom. The van der Waals surface area contributed by atoms with Gasteiger partial charge < -0.3 is 20.5 Å². The molecule has 28 heavy (non-hydrogen) atoms. The Hall–Kier alpha value is -2.41. The van der Waals surface area contributed by atoms with Crippen molar-refractivity contribution in [2.75, 3.05) is 13.7 Å². The third-order valence-corrected chi connectivity index (χ3v) is 4.40. The molecule has 0 heterocycles. The third-order valence-electron chi connectivity index (χ3n) is 4.40. The molecule has 0 aliphatic carbocycles. The number of esters is 1. The molecule has 0 aromatic heterocycles. The van der Waals surface area contributed by atoms with Crippen molar-refractivity contribution in [3.05, 3.63) is 35.9 Å². The van der Waals surface area contributed by atoms with Gasteiger partial charge in [0.2, 0.25) is 5.91 Å². The van der Waals surface area contributed by atoms with Gasteiger partial charge in [0, 0.05) is 6.42 Å². The summed E-state index contributed by atoms with van der Waals surface area (Å²) in [4.78, 5) is 36.4. The minimum atomic E-state index is -1.31. The number of carboxylic acids is 1. The van der Waals surface area contributed by atoms with Crippen molar-refractivity contribution < 1.29 is 24.2 Å². The summed E-state index contributed by atoms with van der Waals surface area (Å²) in [6.45, 7) is 8.26. The van der Waals surface area contributed by atoms with Gasteiger partial charge in [-0.15, -0.1) is 0 Å². The second-order valence-corrected chi connectivity index (χ2v) is 8.39. The molecule has 0 radical (unpaired) electrons. The molecule has 156 valence electrons. The van der Waals surface area contributed by atoms with Crippen LogP contribution in [0.1, 0.15) is 46.1 Å². The second-order valence-electron chi connectivity index (χ2n) is 8.39. The summed E-state index contributed by atoms with van der Waals surface area (Å²) in [5.74, 6) is -2.22. The van der Waals surface area contributed by atoms with E-state index in [4.69, 9.17) is 9.84 Å². The summed E-state index contributed by atoms with van der Waals surface area (Å²) >= 11 is 0. The van der Waals surface area contributed by atoms with E-state index in [0.717, 1.165) is 12.0 Å². The molecular weight excluding hydrogens is 360 g/mol. The Morgan fingerprint density at radius 1 is 1.11 bits per heavy atom. The molecule has 2 atom stereocenters. The van der Waals surface area contributed by atoms with Crippen LogP contribution >= 0.6 is 0 Å². The Bertz CT molecular complexity index is 669. The molecule has 0 aliphatic heterocycles. The lowest BCUT2D eigenvalue weighted by atomic mass is 9.91. The predicted molar refractivity (Wildman–Crippen MR) is 107 cm³/mol. The average Bonchev–Trinajstić information content (AvgIpc) is 2.59. The first-order valence-corrected chi connectivity index (χ1v) is 9.36. The summed E-state index contributed by atoms with van der Waals surface area (Å²) in [6.07, 6.45) is 0.626. The van der Waals surface area contributed by atoms with Crippen LogP contribution in [0.3, 0.4) is 0 Å². The van der Waals surface area contributed by atoms with E-state index in [1.165, 1.54) is 7.11 Å². The number of benzene rings is 1. The van der Waals surface area contributed by atoms with Crippen LogP contribution < -0.4 is 10.6 Å². The van der Waals surface area contributed by atoms with E-state index >= 15 is 0 Å². The number of hydrogen-bond acceptors (Lipinski definition) is 5. The van der Waals surface area contributed by atoms with E-state index in [2.05, 4.69) is 31.4 Å². The molecule has 7 heteroatoms. The van der Waals surface area contributed by atoms with E-state index in [-0.39, 0.29) is 18.3 Å². The summed E-state index contributed by atoms with van der Waals surface area (Å²) in [6, 6.07) is 8.30. The number of rotatable bonds is 10. The lowest BCUT2D eigenvalue weighted by Gasteiger charge is -2.30. The largest absolute Gasteiger partial charge is 0.481 e. The van der Waals surface area contributed by atoms with E-state index in [9.17, 15) is 14.4 Å². The first-order chi connectivity index (χ1) is 13.0. The van der Waals surface area contributed by atoms with Gasteiger partial charge in [-0.3, -0.25) is 9.59 Å². The Morgan fingerprint density at radius 2 is 1.71 bits per heavy atom. The van der Waals surface area contributed by atoms with Crippen molar-refractivity contribution >= 4 is 17.8 Å². The highest BCUT2D eigenvalue weighted by Crippen LogP contribution is 2.18. The molecule has 0 unspecified atom stereocenters. The minimum Gasteiger partial charge on any atom is -0.481 e. The summed E-state index contributed by atoms with van der Waals surface area (Å²) < 4.78 is 4.88. The molecule has 3 N–H and O–H groups in total. The van der Waals surface area contributed by atoms with Crippen molar-refractivity contribution in [1.29, 1.82) is 0 Å². The quantitative estimate of drug-likeness (QED) is 0.527. The topological polar surface area (TPSA) is 105 Å². The molecule has 1 rings (SSSR count). The van der Waals surface area contributed by atoms with Crippen molar-refractivity contribution in [3.63, 3.8) is 0 Å². The number of amides is 1. The molecule has 1 aromatic rings. The molecule has 0 fully saturated rings. The summed E-state index contributed by atoms with van der Waals surface area (Å²) in [5.41, 5.74) is -0.410. The standard InChI is InChI=1S/C21H32N2O5/c1-20(2,3)11-12-22-16(13-17(24)25)18(26)23-21(4,19(27)28-5)14-15-9-7-6-8-10-15/h6-10,16,22H,11-14H2,1-5H3,(H,23,26)(H,24,25)/t16-,21-/m0/s1. The van der Waals surface area contributed by atoms with Gasteiger partial charge in [-0.1, -0.05) is 51.1 Å². The Labute approximate surface area is 166 Å². The highest BCUT2D eigenvalue weighted by molar-refractivity contribution is 5.92. The molecule has 1 aromatic carbocycles. The van der Waals surface area contributed by atoms with Crippen molar-refractivity contribution in [2.45, 2.75) is 58.5 Å². The minimum absolute atomic E-state index is 0.0467. The smallest absolute Gasteiger partial charge is 0.331 e. The van der Waals surface area contributed by atoms with Gasteiger partial charge in [-0.2, -0.15) is 0 Å². The normalized spacial score (nSPS) is 14.6. The summed E-state index contributed by atoms with van der Waals surface area (Å²) in [7, 11) is 1.26. The van der Waals surface area contributed by atoms with Gasteiger partial charge in [0.25, 0.3) is 0 Å². The van der Waals surface area contributed by atoms with Crippen LogP contribution in [-0.2, 0) is 25.5 Å². The van der Waals surface area contributed by atoms with Gasteiger partial charge in [0.15, 0.2) is 0 Å². The molecular formula is C21H32N2O5. The third kappa shape index (κ3) is 8.08. The number of carbonyl (C=O) groups excluding carboxylic acids is 2. The van der Waals surface area contributed by atoms with Crippen LogP contribution in [-0.4, -0.2) is 48.2 Å². The predicted octanol–water partition coefficient (Wildman–Crippen LogP) is 2.15. The molecule has 0 aliphatic rings. The number of methoxy groups -OCH3 is 1. The van der Waals surface area contributed by atoms with E-state index < -0.39 is 29.4 Å². The maximum Gasteiger partial charge on any atom is 0.331 e. The van der Waals surface area contributed by atoms with Crippen molar-refractivity contribution in [3.8, 4) is 0 Å². The lowest BCUT2D eigenvalue weighted by molar-refractivity contribution is -0.150. The molecule has 7 nitrogen and oxygen atoms in total. The fourth-order valence-electron chi connectivity index (χ4n) is 2.81. The van der Waals surface area contributed by atoms with Crippen LogP contribution in [0.4, 0.5) is 0 Å². The Kier molecular flexibility index (Phi) is 8.63. The number of nitrogens with one attached hydrogen (secondary N) is 2. The van der Waals surface area contributed by atoms with E-state index in [1.54, 1.807) is 6.92 Å². The van der Waals surface area contributed by atoms with Crippen LogP contribution in [0.25, 0.3) is 0 Å². The van der Waals surface area contributed by atoms with Crippen LogP contribution in [0.15, 0.2) is 30.3 Å². The first kappa shape index (κ1) is 23.6. The molecule has 0 saturated heterocycles. The zero-order chi connectivity index (χ0) is 21.4. The molecule has 0 spiro atoms. The average molecular weight is 392 g/mol. The fraction of sp³-hybridized carbons (Fsp3) is 0.571. The van der Waals surface area contributed by atoms with Gasteiger partial charge in [0.1, 0.15) is 5.54 Å². The monoisotopic (exact) mass is 392 g/mol. The van der Waals surface area contributed by atoms with Crippen molar-refractivity contribution in [1.82, 2.24) is 10.6 Å². The van der Waals surface area contributed by atoms with E-state index in [0.29, 0.717) is 6.54 Å².